The van der Waals surface area contributed by atoms with Crippen molar-refractivity contribution in [1.82, 2.24) is 34.2 Å². The van der Waals surface area contributed by atoms with Crippen LogP contribution in [0.4, 0.5) is 11.8 Å². The molecule has 0 spiro atoms. The summed E-state index contributed by atoms with van der Waals surface area (Å²) >= 11 is 0. The van der Waals surface area contributed by atoms with E-state index in [0.29, 0.717) is 22.4 Å². The quantitative estimate of drug-likeness (QED) is 0.356. The zero-order chi connectivity index (χ0) is 27.0. The Labute approximate surface area is 218 Å². The first kappa shape index (κ1) is 24.6. The van der Waals surface area contributed by atoms with Crippen LogP contribution in [0, 0.1) is 0 Å². The number of hydrogen-bond acceptors (Lipinski definition) is 8. The van der Waals surface area contributed by atoms with E-state index in [2.05, 4.69) is 20.4 Å². The minimum Gasteiger partial charge on any atom is -0.368 e. The number of para-hydroxylation sites is 1. The summed E-state index contributed by atoms with van der Waals surface area (Å²) in [5.74, 6) is 0.426. The van der Waals surface area contributed by atoms with Gasteiger partial charge in [-0.2, -0.15) is 10.1 Å². The van der Waals surface area contributed by atoms with Crippen molar-refractivity contribution in [3.63, 3.8) is 0 Å². The Kier molecular flexibility index (Phi) is 6.33. The third kappa shape index (κ3) is 4.45. The summed E-state index contributed by atoms with van der Waals surface area (Å²) in [5.41, 5.74) is 8.63. The average molecular weight is 510 g/mol. The molecule has 3 aromatic heterocycles. The van der Waals surface area contributed by atoms with Gasteiger partial charge in [-0.1, -0.05) is 30.3 Å². The predicted octanol–water partition coefficient (Wildman–Crippen LogP) is 3.03. The van der Waals surface area contributed by atoms with Gasteiger partial charge in [0.1, 0.15) is 17.2 Å². The minimum absolute atomic E-state index is 0.0167. The number of benzene rings is 2. The first-order valence-corrected chi connectivity index (χ1v) is 12.0. The Bertz CT molecular complexity index is 1710. The van der Waals surface area contributed by atoms with Crippen molar-refractivity contribution in [3.05, 3.63) is 88.9 Å². The van der Waals surface area contributed by atoms with Crippen molar-refractivity contribution in [2.45, 2.75) is 13.0 Å². The highest BCUT2D eigenvalue weighted by atomic mass is 16.2. The average Bonchev–Trinajstić information content (AvgIpc) is 3.34. The highest BCUT2D eigenvalue weighted by molar-refractivity contribution is 5.98. The summed E-state index contributed by atoms with van der Waals surface area (Å²) in [6.07, 6.45) is 4.97. The van der Waals surface area contributed by atoms with Gasteiger partial charge >= 0.3 is 0 Å². The third-order valence-electron chi connectivity index (χ3n) is 6.14. The van der Waals surface area contributed by atoms with Gasteiger partial charge in [0.2, 0.25) is 5.95 Å². The molecule has 1 atom stereocenters. The number of nitrogens with two attached hydrogens (primary N) is 1. The van der Waals surface area contributed by atoms with E-state index in [4.69, 9.17) is 10.7 Å². The lowest BCUT2D eigenvalue weighted by atomic mass is 10.0. The number of aryl methyl sites for hydroxylation is 1. The Morgan fingerprint density at radius 1 is 1.05 bits per heavy atom. The van der Waals surface area contributed by atoms with Crippen molar-refractivity contribution in [2.24, 2.45) is 7.05 Å². The lowest BCUT2D eigenvalue weighted by Crippen LogP contribution is -2.29. The highest BCUT2D eigenvalue weighted by Gasteiger charge is 2.23. The van der Waals surface area contributed by atoms with E-state index >= 15 is 0 Å². The van der Waals surface area contributed by atoms with Crippen molar-refractivity contribution in [1.29, 1.82) is 0 Å². The molecule has 192 valence electrons. The van der Waals surface area contributed by atoms with E-state index in [9.17, 15) is 9.59 Å². The molecule has 5 rings (SSSR count). The van der Waals surface area contributed by atoms with Crippen LogP contribution in [-0.2, 0) is 7.05 Å². The van der Waals surface area contributed by atoms with Gasteiger partial charge in [0.15, 0.2) is 0 Å². The summed E-state index contributed by atoms with van der Waals surface area (Å²) < 4.78 is 3.27. The molecule has 0 bridgehead atoms. The van der Waals surface area contributed by atoms with Crippen LogP contribution in [0.5, 0.6) is 0 Å². The molecule has 11 heteroatoms. The number of nitrogens with zero attached hydrogens (tertiary/aromatic N) is 7. The van der Waals surface area contributed by atoms with Gasteiger partial charge < -0.3 is 16.0 Å². The van der Waals surface area contributed by atoms with Crippen LogP contribution in [0.1, 0.15) is 29.1 Å². The Balaban J connectivity index is 1.71. The number of aromatic nitrogens is 6. The fraction of sp³-hybridized carbons (Fsp3) is 0.185. The van der Waals surface area contributed by atoms with Gasteiger partial charge in [-0.05, 0) is 30.7 Å². The molecule has 0 aliphatic rings. The van der Waals surface area contributed by atoms with Crippen molar-refractivity contribution in [2.75, 3.05) is 25.1 Å². The molecule has 0 saturated heterocycles. The van der Waals surface area contributed by atoms with Crippen LogP contribution >= 0.6 is 0 Å². The van der Waals surface area contributed by atoms with Crippen LogP contribution in [0.25, 0.3) is 27.7 Å². The van der Waals surface area contributed by atoms with E-state index in [1.165, 1.54) is 11.1 Å². The summed E-state index contributed by atoms with van der Waals surface area (Å²) in [6.45, 7) is 1.85. The van der Waals surface area contributed by atoms with Gasteiger partial charge in [-0.25, -0.2) is 9.97 Å². The van der Waals surface area contributed by atoms with Crippen LogP contribution in [0.3, 0.4) is 0 Å². The van der Waals surface area contributed by atoms with Crippen LogP contribution in [0.15, 0.2) is 71.9 Å². The largest absolute Gasteiger partial charge is 0.368 e. The predicted molar refractivity (Wildman–Crippen MR) is 146 cm³/mol. The number of fused-ring (bicyclic) bond motifs is 1. The van der Waals surface area contributed by atoms with E-state index < -0.39 is 6.04 Å². The fourth-order valence-electron chi connectivity index (χ4n) is 4.34. The lowest BCUT2D eigenvalue weighted by Gasteiger charge is -2.22. The summed E-state index contributed by atoms with van der Waals surface area (Å²) in [7, 11) is 5.11. The van der Waals surface area contributed by atoms with Gasteiger partial charge in [0, 0.05) is 39.1 Å². The molecule has 1 amide bonds. The first-order valence-electron chi connectivity index (χ1n) is 12.0. The van der Waals surface area contributed by atoms with Gasteiger partial charge in [-0.3, -0.25) is 18.8 Å². The third-order valence-corrected chi connectivity index (χ3v) is 6.14. The normalized spacial score (nSPS) is 11.9. The number of carbonyl (C=O) groups excluding carboxylic acids is 1. The number of rotatable bonds is 6. The smallest absolute Gasteiger partial charge is 0.266 e. The number of carbonyl (C=O) groups is 1. The first-order chi connectivity index (χ1) is 18.2. The number of hydrogen-bond donors (Lipinski definition) is 2. The molecule has 0 aliphatic carbocycles. The maximum absolute atomic E-state index is 14.2. The zero-order valence-corrected chi connectivity index (χ0v) is 21.5. The molecule has 0 fully saturated rings. The van der Waals surface area contributed by atoms with Crippen molar-refractivity contribution >= 4 is 28.6 Å². The summed E-state index contributed by atoms with van der Waals surface area (Å²) in [5, 5.41) is 7.99. The molecule has 3 heterocycles. The van der Waals surface area contributed by atoms with E-state index in [-0.39, 0.29) is 28.8 Å². The second kappa shape index (κ2) is 9.77. The number of amides is 1. The molecule has 5 aromatic rings. The van der Waals surface area contributed by atoms with Crippen LogP contribution in [0.2, 0.25) is 0 Å². The van der Waals surface area contributed by atoms with Crippen LogP contribution in [-0.4, -0.2) is 54.2 Å². The van der Waals surface area contributed by atoms with Gasteiger partial charge in [-0.15, -0.1) is 0 Å². The number of nitrogens with one attached hydrogen (secondary N) is 1. The Hall–Kier alpha value is -5.06. The molecular formula is C27H27N9O2. The van der Waals surface area contributed by atoms with E-state index in [1.807, 2.05) is 68.7 Å². The van der Waals surface area contributed by atoms with Gasteiger partial charge in [0.25, 0.3) is 11.5 Å². The fourth-order valence-corrected chi connectivity index (χ4v) is 4.34. The van der Waals surface area contributed by atoms with Crippen molar-refractivity contribution in [3.8, 4) is 16.8 Å². The van der Waals surface area contributed by atoms with E-state index in [0.717, 1.165) is 11.1 Å². The van der Waals surface area contributed by atoms with E-state index in [1.54, 1.807) is 29.5 Å². The molecule has 0 saturated carbocycles. The molecule has 2 aromatic carbocycles. The standard InChI is InChI=1S/C27H27N9O2/c1-16(31-23-20(25(37)34(2)3)14-29-27(28)33-23)24-32-21-12-8-11-19(17-13-30-35(4)15-17)22(21)26(38)36(24)18-9-6-5-7-10-18/h5-16H,1-4H3,(H3,28,29,31,33)/t16-/m0/s1. The van der Waals surface area contributed by atoms with Crippen LogP contribution < -0.4 is 16.6 Å². The summed E-state index contributed by atoms with van der Waals surface area (Å²) in [4.78, 5) is 41.6. The molecule has 0 unspecified atom stereocenters. The Morgan fingerprint density at radius 3 is 2.50 bits per heavy atom. The van der Waals surface area contributed by atoms with Gasteiger partial charge in [0.05, 0.1) is 28.8 Å². The molecule has 0 radical (unpaired) electrons. The Morgan fingerprint density at radius 2 is 1.82 bits per heavy atom. The second-order valence-electron chi connectivity index (χ2n) is 9.10. The lowest BCUT2D eigenvalue weighted by molar-refractivity contribution is 0.0827. The van der Waals surface area contributed by atoms with Crippen molar-refractivity contribution < 1.29 is 4.79 Å². The maximum Gasteiger partial charge on any atom is 0.266 e. The maximum atomic E-state index is 14.2. The zero-order valence-electron chi connectivity index (χ0n) is 21.5. The topological polar surface area (TPSA) is 137 Å². The molecule has 0 aliphatic heterocycles. The number of anilines is 2. The summed E-state index contributed by atoms with van der Waals surface area (Å²) in [6, 6.07) is 14.3. The number of nitrogen functional groups attached to an aromatic ring is 1. The molecule has 38 heavy (non-hydrogen) atoms. The monoisotopic (exact) mass is 509 g/mol. The highest BCUT2D eigenvalue weighted by Crippen LogP contribution is 2.28. The SMILES string of the molecule is C[C@H](Nc1nc(N)ncc1C(=O)N(C)C)c1nc2cccc(-c3cnn(C)c3)c2c(=O)n1-c1ccccc1. The molecular weight excluding hydrogens is 482 g/mol. The minimum atomic E-state index is -0.544. The molecule has 3 N–H and O–H groups in total. The molecule has 11 nitrogen and oxygen atoms in total. The second-order valence-corrected chi connectivity index (χ2v) is 9.10.